The summed E-state index contributed by atoms with van der Waals surface area (Å²) in [6.45, 7) is 0.293. The van der Waals surface area contributed by atoms with Gasteiger partial charge in [-0.1, -0.05) is 0 Å². The minimum Gasteiger partial charge on any atom is -0.504 e. The number of hydrogen-bond acceptors (Lipinski definition) is 4. The lowest BCUT2D eigenvalue weighted by atomic mass is 10.3. The highest BCUT2D eigenvalue weighted by molar-refractivity contribution is 5.50. The number of carbonyl (C=O) groups is 1. The second-order valence-corrected chi connectivity index (χ2v) is 2.05. The lowest BCUT2D eigenvalue weighted by Crippen LogP contribution is -1.89. The predicted octanol–water partition coefficient (Wildman–Crippen LogP) is 0.936. The van der Waals surface area contributed by atoms with Gasteiger partial charge in [-0.15, -0.1) is 0 Å². The number of phenolic OH excluding ortho intramolecular Hbond substituents is 1. The summed E-state index contributed by atoms with van der Waals surface area (Å²) in [4.78, 5) is 9.90. The van der Waals surface area contributed by atoms with Gasteiger partial charge in [0.1, 0.15) is 5.75 Å². The first kappa shape index (κ1) is 8.39. The summed E-state index contributed by atoms with van der Waals surface area (Å²) >= 11 is 0. The van der Waals surface area contributed by atoms with Gasteiger partial charge in [-0.05, 0) is 12.1 Å². The van der Waals surface area contributed by atoms with Gasteiger partial charge in [0.05, 0.1) is 7.11 Å². The second-order valence-electron chi connectivity index (χ2n) is 2.05. The van der Waals surface area contributed by atoms with Crippen molar-refractivity contribution >= 4 is 6.47 Å². The van der Waals surface area contributed by atoms with Crippen molar-refractivity contribution in [3.8, 4) is 17.2 Å². The minimum absolute atomic E-state index is 0.0585. The third kappa shape index (κ3) is 1.66. The van der Waals surface area contributed by atoms with Crippen LogP contribution in [0.4, 0.5) is 0 Å². The van der Waals surface area contributed by atoms with Gasteiger partial charge in [0.2, 0.25) is 0 Å². The Morgan fingerprint density at radius 2 is 2.25 bits per heavy atom. The lowest BCUT2D eigenvalue weighted by molar-refractivity contribution is -0.120. The molecule has 12 heavy (non-hydrogen) atoms. The van der Waals surface area contributed by atoms with Crippen LogP contribution in [-0.2, 0) is 4.79 Å². The summed E-state index contributed by atoms with van der Waals surface area (Å²) in [7, 11) is 1.44. The van der Waals surface area contributed by atoms with Crippen molar-refractivity contribution in [3.63, 3.8) is 0 Å². The standard InChI is InChI=1S/C8H8O4/c1-11-8-3-2-6(12-5-9)4-7(8)10/h2-5,10H,1H3. The maximum absolute atomic E-state index is 9.90. The highest BCUT2D eigenvalue weighted by atomic mass is 16.5. The summed E-state index contributed by atoms with van der Waals surface area (Å²) in [5, 5.41) is 9.20. The first-order valence-corrected chi connectivity index (χ1v) is 3.25. The molecule has 0 fully saturated rings. The van der Waals surface area contributed by atoms with Crippen LogP contribution < -0.4 is 9.47 Å². The fraction of sp³-hybridized carbons (Fsp3) is 0.125. The number of benzene rings is 1. The van der Waals surface area contributed by atoms with Crippen LogP contribution in [0.5, 0.6) is 17.2 Å². The molecular weight excluding hydrogens is 160 g/mol. The number of carbonyl (C=O) groups excluding carboxylic acids is 1. The largest absolute Gasteiger partial charge is 0.504 e. The van der Waals surface area contributed by atoms with E-state index in [0.29, 0.717) is 12.2 Å². The van der Waals surface area contributed by atoms with Crippen LogP contribution in [0.2, 0.25) is 0 Å². The number of hydrogen-bond donors (Lipinski definition) is 1. The van der Waals surface area contributed by atoms with Gasteiger partial charge in [-0.25, -0.2) is 0 Å². The van der Waals surface area contributed by atoms with E-state index in [1.165, 1.54) is 25.3 Å². The molecule has 0 bridgehead atoms. The van der Waals surface area contributed by atoms with Gasteiger partial charge in [-0.3, -0.25) is 4.79 Å². The zero-order valence-corrected chi connectivity index (χ0v) is 6.48. The zero-order chi connectivity index (χ0) is 8.97. The summed E-state index contributed by atoms with van der Waals surface area (Å²) < 4.78 is 9.27. The van der Waals surface area contributed by atoms with Gasteiger partial charge in [0.25, 0.3) is 6.47 Å². The van der Waals surface area contributed by atoms with E-state index in [1.54, 1.807) is 0 Å². The van der Waals surface area contributed by atoms with Crippen LogP contribution in [0.1, 0.15) is 0 Å². The van der Waals surface area contributed by atoms with Crippen molar-refractivity contribution in [2.24, 2.45) is 0 Å². The minimum atomic E-state index is -0.0585. The average molecular weight is 168 g/mol. The molecular formula is C8H8O4. The number of ether oxygens (including phenoxy) is 2. The smallest absolute Gasteiger partial charge is 0.298 e. The first-order chi connectivity index (χ1) is 5.77. The van der Waals surface area contributed by atoms with E-state index in [9.17, 15) is 9.90 Å². The van der Waals surface area contributed by atoms with Crippen LogP contribution in [0, 0.1) is 0 Å². The van der Waals surface area contributed by atoms with Gasteiger partial charge in [0.15, 0.2) is 11.5 Å². The highest BCUT2D eigenvalue weighted by Gasteiger charge is 2.01. The van der Waals surface area contributed by atoms with Crippen molar-refractivity contribution in [1.29, 1.82) is 0 Å². The summed E-state index contributed by atoms with van der Waals surface area (Å²) in [6, 6.07) is 4.33. The molecule has 0 saturated heterocycles. The quantitative estimate of drug-likeness (QED) is 0.682. The van der Waals surface area contributed by atoms with Gasteiger partial charge in [-0.2, -0.15) is 0 Å². The van der Waals surface area contributed by atoms with Crippen LogP contribution in [0.3, 0.4) is 0 Å². The van der Waals surface area contributed by atoms with Crippen molar-refractivity contribution < 1.29 is 19.4 Å². The average Bonchev–Trinajstić information content (AvgIpc) is 2.05. The third-order valence-electron chi connectivity index (χ3n) is 1.33. The SMILES string of the molecule is COc1ccc(OC=O)cc1O. The molecule has 0 spiro atoms. The number of phenols is 1. The maximum Gasteiger partial charge on any atom is 0.298 e. The molecule has 0 atom stereocenters. The van der Waals surface area contributed by atoms with E-state index in [-0.39, 0.29) is 11.5 Å². The summed E-state index contributed by atoms with van der Waals surface area (Å²) in [5.41, 5.74) is 0. The predicted molar refractivity (Wildman–Crippen MR) is 41.4 cm³/mol. The van der Waals surface area contributed by atoms with Crippen LogP contribution in [-0.4, -0.2) is 18.7 Å². The molecule has 0 heterocycles. The normalized spacial score (nSPS) is 9.08. The molecule has 64 valence electrons. The lowest BCUT2D eigenvalue weighted by Gasteiger charge is -2.03. The summed E-state index contributed by atoms with van der Waals surface area (Å²) in [5.74, 6) is 0.563. The highest BCUT2D eigenvalue weighted by Crippen LogP contribution is 2.29. The Hall–Kier alpha value is -1.71. The van der Waals surface area contributed by atoms with Crippen molar-refractivity contribution in [2.45, 2.75) is 0 Å². The van der Waals surface area contributed by atoms with Crippen molar-refractivity contribution in [1.82, 2.24) is 0 Å². The Labute approximate surface area is 69.3 Å². The summed E-state index contributed by atoms with van der Waals surface area (Å²) in [6.07, 6.45) is 0. The molecule has 1 N–H and O–H groups in total. The monoisotopic (exact) mass is 168 g/mol. The Morgan fingerprint density at radius 3 is 2.75 bits per heavy atom. The third-order valence-corrected chi connectivity index (χ3v) is 1.33. The van der Waals surface area contributed by atoms with Crippen LogP contribution in [0.15, 0.2) is 18.2 Å². The number of methoxy groups -OCH3 is 1. The molecule has 1 aromatic rings. The first-order valence-electron chi connectivity index (χ1n) is 3.25. The molecule has 4 nitrogen and oxygen atoms in total. The fourth-order valence-corrected chi connectivity index (χ4v) is 0.799. The van der Waals surface area contributed by atoms with E-state index in [1.807, 2.05) is 0 Å². The number of rotatable bonds is 3. The van der Waals surface area contributed by atoms with E-state index < -0.39 is 0 Å². The van der Waals surface area contributed by atoms with E-state index in [2.05, 4.69) is 4.74 Å². The molecule has 0 aliphatic heterocycles. The van der Waals surface area contributed by atoms with E-state index >= 15 is 0 Å². The van der Waals surface area contributed by atoms with Gasteiger partial charge in [0, 0.05) is 6.07 Å². The Kier molecular flexibility index (Phi) is 2.53. The molecule has 0 saturated carbocycles. The van der Waals surface area contributed by atoms with Gasteiger partial charge >= 0.3 is 0 Å². The van der Waals surface area contributed by atoms with Crippen LogP contribution in [0.25, 0.3) is 0 Å². The molecule has 0 radical (unpaired) electrons. The molecule has 0 aliphatic rings. The Morgan fingerprint density at radius 1 is 1.50 bits per heavy atom. The fourth-order valence-electron chi connectivity index (χ4n) is 0.799. The van der Waals surface area contributed by atoms with Crippen molar-refractivity contribution in [3.05, 3.63) is 18.2 Å². The Balaban J connectivity index is 2.93. The van der Waals surface area contributed by atoms with Crippen LogP contribution >= 0.6 is 0 Å². The Bertz CT molecular complexity index is 282. The number of aromatic hydroxyl groups is 1. The molecule has 0 amide bonds. The molecule has 1 aromatic carbocycles. The van der Waals surface area contributed by atoms with E-state index in [0.717, 1.165) is 0 Å². The topological polar surface area (TPSA) is 55.8 Å². The van der Waals surface area contributed by atoms with Gasteiger partial charge < -0.3 is 14.6 Å². The maximum atomic E-state index is 9.90. The molecule has 0 aliphatic carbocycles. The zero-order valence-electron chi connectivity index (χ0n) is 6.48. The van der Waals surface area contributed by atoms with E-state index in [4.69, 9.17) is 4.74 Å². The molecule has 0 unspecified atom stereocenters. The molecule has 4 heteroatoms. The second kappa shape index (κ2) is 3.61. The van der Waals surface area contributed by atoms with Crippen molar-refractivity contribution in [2.75, 3.05) is 7.11 Å². The molecule has 0 aromatic heterocycles. The molecule has 1 rings (SSSR count).